The molecule has 56 heavy (non-hydrogen) atoms. The maximum absolute atomic E-state index is 12.6. The molecule has 14 nitrogen and oxygen atoms in total. The van der Waals surface area contributed by atoms with Gasteiger partial charge in [-0.2, -0.15) is 0 Å². The highest BCUT2D eigenvalue weighted by Gasteiger charge is 2.74. The maximum Gasteiger partial charge on any atom is 0.187 e. The molecule has 4 saturated carbocycles. The van der Waals surface area contributed by atoms with Crippen molar-refractivity contribution in [2.75, 3.05) is 13.2 Å². The lowest BCUT2D eigenvalue weighted by molar-refractivity contribution is -0.349. The predicted molar refractivity (Wildman–Crippen MR) is 202 cm³/mol. The lowest BCUT2D eigenvalue weighted by Crippen LogP contribution is -2.71. The predicted octanol–water partition coefficient (Wildman–Crippen LogP) is 1.12. The van der Waals surface area contributed by atoms with E-state index in [1.54, 1.807) is 0 Å². The van der Waals surface area contributed by atoms with Crippen molar-refractivity contribution in [3.8, 4) is 0 Å². The van der Waals surface area contributed by atoms with Gasteiger partial charge in [0.1, 0.15) is 48.8 Å². The van der Waals surface area contributed by atoms with E-state index >= 15 is 0 Å². The topological polar surface area (TPSA) is 239 Å². The molecule has 0 aromatic carbocycles. The van der Waals surface area contributed by atoms with E-state index in [0.717, 1.165) is 12.0 Å². The number of fused-ring (bicyclic) bond motifs is 5. The lowest BCUT2D eigenvalue weighted by atomic mass is 9.34. The first-order valence-corrected chi connectivity index (χ1v) is 21.0. The second-order valence-electron chi connectivity index (χ2n) is 20.2. The van der Waals surface area contributed by atoms with E-state index in [1.165, 1.54) is 0 Å². The fourth-order valence-electron chi connectivity index (χ4n) is 13.5. The van der Waals surface area contributed by atoms with Gasteiger partial charge in [0.15, 0.2) is 12.6 Å². The minimum atomic E-state index is -1.61. The van der Waals surface area contributed by atoms with Gasteiger partial charge in [0.2, 0.25) is 0 Å². The van der Waals surface area contributed by atoms with Gasteiger partial charge in [-0.25, -0.2) is 0 Å². The Morgan fingerprint density at radius 2 is 1.32 bits per heavy atom. The summed E-state index contributed by atoms with van der Waals surface area (Å²) in [4.78, 5) is 0. The molecule has 10 N–H and O–H groups in total. The van der Waals surface area contributed by atoms with E-state index < -0.39 is 120 Å². The fraction of sp³-hybridized carbons (Fsp3) is 0.952. The van der Waals surface area contributed by atoms with E-state index in [0.29, 0.717) is 44.9 Å². The zero-order chi connectivity index (χ0) is 41.5. The minimum Gasteiger partial charge on any atom is -0.394 e. The molecule has 0 unspecified atom stereocenters. The zero-order valence-corrected chi connectivity index (χ0v) is 34.6. The van der Waals surface area contributed by atoms with Crippen LogP contribution in [-0.2, 0) is 18.9 Å². The van der Waals surface area contributed by atoms with Gasteiger partial charge in [0.05, 0.1) is 37.1 Å². The van der Waals surface area contributed by atoms with Crippen LogP contribution in [0.15, 0.2) is 11.6 Å². The Kier molecular flexibility index (Phi) is 12.7. The molecular weight excluding hydrogens is 728 g/mol. The van der Waals surface area contributed by atoms with Crippen molar-refractivity contribution >= 4 is 0 Å². The van der Waals surface area contributed by atoms with E-state index in [1.807, 2.05) is 34.6 Å². The monoisotopic (exact) mass is 800 g/mol. The molecular formula is C42H72O14. The molecule has 0 spiro atoms. The van der Waals surface area contributed by atoms with E-state index in [-0.39, 0.29) is 23.7 Å². The molecule has 14 heteroatoms. The zero-order valence-electron chi connectivity index (χ0n) is 34.6. The Morgan fingerprint density at radius 3 is 1.89 bits per heavy atom. The summed E-state index contributed by atoms with van der Waals surface area (Å²) in [6.07, 6.45) is -9.52. The SMILES string of the molecule is CC(C)=CCC[C@](C)(O[C@@H]1O[C@H](CO)[C@@H](O)[C@H](O)[C@H]1O)[C@H]1CC[C@]2(C)[C@@H]1[C@H](O)C[C@H]1[C@@]3(C)CC[C@H](O)C(C)(C)[C@H]3[C@@H](O[C@@H]3O[C@H](CO)[C@@H](O)[C@H](O)[C@H]3O)C[C@]12C. The van der Waals surface area contributed by atoms with Gasteiger partial charge in [-0.1, -0.05) is 46.3 Å². The van der Waals surface area contributed by atoms with Gasteiger partial charge in [-0.15, -0.1) is 0 Å². The molecule has 4 aliphatic carbocycles. The molecule has 0 amide bonds. The summed E-state index contributed by atoms with van der Waals surface area (Å²) in [7, 11) is 0. The van der Waals surface area contributed by atoms with Gasteiger partial charge in [-0.05, 0) is 117 Å². The highest BCUT2D eigenvalue weighted by atomic mass is 16.7. The smallest absolute Gasteiger partial charge is 0.187 e. The van der Waals surface area contributed by atoms with Crippen LogP contribution in [0.3, 0.4) is 0 Å². The quantitative estimate of drug-likeness (QED) is 0.110. The molecule has 0 bridgehead atoms. The summed E-state index contributed by atoms with van der Waals surface area (Å²) in [6.45, 7) is 15.7. The van der Waals surface area contributed by atoms with Gasteiger partial charge in [-0.3, -0.25) is 0 Å². The number of aliphatic hydroxyl groups excluding tert-OH is 10. The molecule has 2 heterocycles. The normalized spacial score (nSPS) is 52.6. The van der Waals surface area contributed by atoms with Crippen molar-refractivity contribution in [3.63, 3.8) is 0 Å². The molecule has 21 atom stereocenters. The van der Waals surface area contributed by atoms with Gasteiger partial charge < -0.3 is 70.0 Å². The summed E-state index contributed by atoms with van der Waals surface area (Å²) in [5.74, 6) is -0.781. The van der Waals surface area contributed by atoms with E-state index in [9.17, 15) is 51.1 Å². The number of ether oxygens (including phenoxy) is 4. The summed E-state index contributed by atoms with van der Waals surface area (Å²) >= 11 is 0. The Hall–Kier alpha value is -0.820. The summed E-state index contributed by atoms with van der Waals surface area (Å²) in [5.41, 5.74) is -1.92. The Labute approximate surface area is 331 Å². The lowest BCUT2D eigenvalue weighted by Gasteiger charge is -2.72. The van der Waals surface area contributed by atoms with Crippen LogP contribution in [0.1, 0.15) is 107 Å². The van der Waals surface area contributed by atoms with Gasteiger partial charge in [0.25, 0.3) is 0 Å². The van der Waals surface area contributed by atoms with Crippen molar-refractivity contribution in [1.29, 1.82) is 0 Å². The third-order valence-electron chi connectivity index (χ3n) is 16.6. The fourth-order valence-corrected chi connectivity index (χ4v) is 13.5. The Bertz CT molecular complexity index is 1400. The standard InChI is InChI=1S/C42H72O14/c1-20(2)10-9-13-42(8,56-37-34(52)32(50)30(48)25(19-44)55-37)21-11-15-40(6)28(21)22(45)16-26-39(5)14-12-27(46)38(3,4)35(39)23(17-41(26,40)7)53-36-33(51)31(49)29(47)24(18-43)54-36/h10,21-37,43-52H,9,11-19H2,1-8H3/t21-,22+,23-,24+,25+,26-,27-,28-,29+,30+,31-,32-,33+,34+,35+,36+,37-,39+,40+,41+,42-/m0/s1. The first-order valence-electron chi connectivity index (χ1n) is 21.0. The molecule has 0 aromatic heterocycles. The van der Waals surface area contributed by atoms with E-state index in [2.05, 4.69) is 26.8 Å². The third-order valence-corrected chi connectivity index (χ3v) is 16.6. The molecule has 2 saturated heterocycles. The first-order chi connectivity index (χ1) is 26.0. The highest BCUT2D eigenvalue weighted by Crippen LogP contribution is 2.76. The molecule has 6 aliphatic rings. The summed E-state index contributed by atoms with van der Waals surface area (Å²) in [6, 6.07) is 0. The maximum atomic E-state index is 12.6. The van der Waals surface area contributed by atoms with Crippen LogP contribution in [0.5, 0.6) is 0 Å². The number of hydrogen-bond acceptors (Lipinski definition) is 14. The largest absolute Gasteiger partial charge is 0.394 e. The minimum absolute atomic E-state index is 0.000258. The van der Waals surface area contributed by atoms with Crippen LogP contribution >= 0.6 is 0 Å². The Morgan fingerprint density at radius 1 is 0.750 bits per heavy atom. The van der Waals surface area contributed by atoms with Crippen LogP contribution < -0.4 is 0 Å². The van der Waals surface area contributed by atoms with Crippen molar-refractivity contribution in [3.05, 3.63) is 11.6 Å². The molecule has 0 aromatic rings. The average Bonchev–Trinajstić information content (AvgIpc) is 3.52. The number of rotatable bonds is 10. The van der Waals surface area contributed by atoms with Crippen LogP contribution in [0.25, 0.3) is 0 Å². The summed E-state index contributed by atoms with van der Waals surface area (Å²) < 4.78 is 25.4. The van der Waals surface area contributed by atoms with Crippen LogP contribution in [0, 0.1) is 45.3 Å². The Balaban J connectivity index is 1.39. The van der Waals surface area contributed by atoms with Gasteiger partial charge >= 0.3 is 0 Å². The molecule has 6 rings (SSSR count). The van der Waals surface area contributed by atoms with Crippen molar-refractivity contribution in [1.82, 2.24) is 0 Å². The highest BCUT2D eigenvalue weighted by molar-refractivity contribution is 5.22. The molecule has 2 aliphatic heterocycles. The second-order valence-corrected chi connectivity index (χ2v) is 20.2. The number of aliphatic hydroxyl groups is 10. The number of allylic oxidation sites excluding steroid dienone is 2. The van der Waals surface area contributed by atoms with Gasteiger partial charge in [0, 0.05) is 0 Å². The van der Waals surface area contributed by atoms with Crippen molar-refractivity contribution in [2.45, 2.75) is 192 Å². The van der Waals surface area contributed by atoms with Crippen LogP contribution in [-0.4, -0.2) is 150 Å². The van der Waals surface area contributed by atoms with E-state index in [4.69, 9.17) is 18.9 Å². The average molecular weight is 801 g/mol. The van der Waals surface area contributed by atoms with Crippen molar-refractivity contribution < 1.29 is 70.0 Å². The molecule has 6 fully saturated rings. The molecule has 0 radical (unpaired) electrons. The van der Waals surface area contributed by atoms with Crippen molar-refractivity contribution in [2.24, 2.45) is 45.3 Å². The number of hydrogen-bond donors (Lipinski definition) is 10. The first kappa shape index (κ1) is 44.7. The second kappa shape index (κ2) is 15.9. The molecule has 324 valence electrons. The summed E-state index contributed by atoms with van der Waals surface area (Å²) in [5, 5.41) is 109. The van der Waals surface area contributed by atoms with Crippen LogP contribution in [0.2, 0.25) is 0 Å². The van der Waals surface area contributed by atoms with Crippen LogP contribution in [0.4, 0.5) is 0 Å². The third kappa shape index (κ3) is 7.06.